The Morgan fingerprint density at radius 3 is 1.72 bits per heavy atom. The Labute approximate surface area is 222 Å². The highest BCUT2D eigenvalue weighted by Gasteiger charge is 2.46. The van der Waals surface area contributed by atoms with Crippen molar-refractivity contribution < 1.29 is 24.3 Å². The second kappa shape index (κ2) is 16.9. The second-order valence-corrected chi connectivity index (χ2v) is 11.3. The monoisotopic (exact) mass is 505 g/mol. The van der Waals surface area contributed by atoms with Gasteiger partial charge in [-0.25, -0.2) is 0 Å². The molecule has 0 radical (unpaired) electrons. The van der Waals surface area contributed by atoms with Crippen molar-refractivity contribution in [2.75, 3.05) is 26.2 Å². The van der Waals surface area contributed by atoms with Gasteiger partial charge in [-0.15, -0.1) is 0 Å². The van der Waals surface area contributed by atoms with Gasteiger partial charge < -0.3 is 19.5 Å². The van der Waals surface area contributed by atoms with Crippen LogP contribution in [0.2, 0.25) is 0 Å². The molecule has 0 aliphatic heterocycles. The van der Waals surface area contributed by atoms with Crippen LogP contribution in [-0.2, 0) is 9.59 Å². The highest BCUT2D eigenvalue weighted by Crippen LogP contribution is 2.44. The molecule has 208 valence electrons. The number of allylic oxidation sites excluding steroid dienone is 3. The predicted molar refractivity (Wildman–Crippen MR) is 149 cm³/mol. The van der Waals surface area contributed by atoms with Crippen molar-refractivity contribution in [3.8, 4) is 0 Å². The molecule has 5 heteroatoms. The Hall–Kier alpha value is -1.72. The van der Waals surface area contributed by atoms with Crippen molar-refractivity contribution in [2.24, 2.45) is 5.41 Å². The number of rotatable bonds is 15. The third-order valence-electron chi connectivity index (χ3n) is 7.50. The molecule has 0 unspecified atom stereocenters. The molecule has 0 aromatic heterocycles. The van der Waals surface area contributed by atoms with Crippen LogP contribution in [0.3, 0.4) is 0 Å². The van der Waals surface area contributed by atoms with E-state index in [2.05, 4.69) is 27.7 Å². The molecule has 0 saturated heterocycles. The number of aliphatic carboxylic acids is 1. The van der Waals surface area contributed by atoms with Gasteiger partial charge in [-0.3, -0.25) is 4.79 Å². The van der Waals surface area contributed by atoms with Crippen molar-refractivity contribution in [1.82, 2.24) is 0 Å². The van der Waals surface area contributed by atoms with E-state index in [4.69, 9.17) is 0 Å². The summed E-state index contributed by atoms with van der Waals surface area (Å²) < 4.78 is 1.42. The van der Waals surface area contributed by atoms with E-state index in [0.29, 0.717) is 11.1 Å². The van der Waals surface area contributed by atoms with Gasteiger partial charge in [-0.1, -0.05) is 73.3 Å². The standard InChI is InChI=1S/C16H36N.C15H20O4/c1-5-9-13-17(14-10-6-2,15-11-7-3)16-12-8-4;1-10(7-13(17)18)5-6-15(19)11(2)8-12(16)9-14(15,3)4/h5-16H2,1-4H3;5-8,19H,9H2,1-4H3,(H,17,18)/q+1;/p-1/b;6-5+,10-7-/t;15-/m.1/s1. The Morgan fingerprint density at radius 1 is 0.972 bits per heavy atom. The fourth-order valence-corrected chi connectivity index (χ4v) is 4.99. The fraction of sp³-hybridized carbons (Fsp3) is 0.742. The normalized spacial score (nSPS) is 20.2. The Kier molecular flexibility index (Phi) is 16.1. The summed E-state index contributed by atoms with van der Waals surface area (Å²) in [5.74, 6) is -1.29. The van der Waals surface area contributed by atoms with E-state index in [9.17, 15) is 19.8 Å². The molecule has 1 rings (SSSR count). The van der Waals surface area contributed by atoms with Crippen LogP contribution in [-0.4, -0.2) is 53.1 Å². The summed E-state index contributed by atoms with van der Waals surface area (Å²) in [5.41, 5.74) is -0.872. The Balaban J connectivity index is 0.000000686. The van der Waals surface area contributed by atoms with E-state index >= 15 is 0 Å². The first-order valence-corrected chi connectivity index (χ1v) is 14.2. The summed E-state index contributed by atoms with van der Waals surface area (Å²) >= 11 is 0. The molecule has 0 aromatic rings. The maximum absolute atomic E-state index is 11.6. The van der Waals surface area contributed by atoms with Crippen LogP contribution < -0.4 is 5.11 Å². The summed E-state index contributed by atoms with van der Waals surface area (Å²) in [5, 5.41) is 21.2. The van der Waals surface area contributed by atoms with Crippen LogP contribution >= 0.6 is 0 Å². The number of carbonyl (C=O) groups is 2. The number of nitrogens with zero attached hydrogens (tertiary/aromatic N) is 1. The smallest absolute Gasteiger partial charge is 0.156 e. The van der Waals surface area contributed by atoms with Crippen molar-refractivity contribution in [3.63, 3.8) is 0 Å². The van der Waals surface area contributed by atoms with Crippen LogP contribution in [0.1, 0.15) is 113 Å². The first-order chi connectivity index (χ1) is 16.8. The van der Waals surface area contributed by atoms with E-state index in [1.807, 2.05) is 13.8 Å². The lowest BCUT2D eigenvalue weighted by Gasteiger charge is -2.44. The van der Waals surface area contributed by atoms with E-state index < -0.39 is 17.0 Å². The lowest BCUT2D eigenvalue weighted by Crippen LogP contribution is -2.50. The number of carboxylic acids is 1. The first-order valence-electron chi connectivity index (χ1n) is 14.2. The highest BCUT2D eigenvalue weighted by molar-refractivity contribution is 5.92. The molecule has 1 aliphatic rings. The molecule has 1 atom stereocenters. The molecule has 0 amide bonds. The predicted octanol–water partition coefficient (Wildman–Crippen LogP) is 5.92. The van der Waals surface area contributed by atoms with Gasteiger partial charge in [0, 0.05) is 11.8 Å². The molecule has 5 nitrogen and oxygen atoms in total. The quantitative estimate of drug-likeness (QED) is 0.170. The molecule has 36 heavy (non-hydrogen) atoms. The minimum atomic E-state index is -1.28. The number of ketones is 1. The van der Waals surface area contributed by atoms with Gasteiger partial charge in [-0.2, -0.15) is 0 Å². The Bertz CT molecular complexity index is 725. The zero-order valence-electron chi connectivity index (χ0n) is 24.6. The number of hydrogen-bond donors (Lipinski definition) is 1. The Morgan fingerprint density at radius 2 is 1.39 bits per heavy atom. The lowest BCUT2D eigenvalue weighted by atomic mass is 9.64. The van der Waals surface area contributed by atoms with E-state index in [-0.39, 0.29) is 12.2 Å². The fourth-order valence-electron chi connectivity index (χ4n) is 4.99. The molecule has 0 fully saturated rings. The number of quaternary nitrogens is 1. The zero-order valence-corrected chi connectivity index (χ0v) is 24.6. The van der Waals surface area contributed by atoms with Crippen molar-refractivity contribution in [1.29, 1.82) is 0 Å². The van der Waals surface area contributed by atoms with Gasteiger partial charge in [0.05, 0.1) is 32.1 Å². The number of unbranched alkanes of at least 4 members (excludes halogenated alkanes) is 4. The molecule has 1 aliphatic carbocycles. The zero-order chi connectivity index (χ0) is 27.8. The average molecular weight is 506 g/mol. The van der Waals surface area contributed by atoms with Crippen LogP contribution in [0.4, 0.5) is 0 Å². The first kappa shape index (κ1) is 34.3. The van der Waals surface area contributed by atoms with E-state index in [0.717, 1.165) is 6.08 Å². The molecule has 0 aromatic carbocycles. The number of hydrogen-bond acceptors (Lipinski definition) is 4. The molecule has 0 heterocycles. The van der Waals surface area contributed by atoms with E-state index in [1.165, 1.54) is 94.2 Å². The van der Waals surface area contributed by atoms with Crippen molar-refractivity contribution in [2.45, 2.75) is 119 Å². The minimum Gasteiger partial charge on any atom is -0.545 e. The maximum atomic E-state index is 11.6. The molecular formula is C31H55NO4. The third-order valence-corrected chi connectivity index (χ3v) is 7.50. The van der Waals surface area contributed by atoms with Crippen LogP contribution in [0, 0.1) is 5.41 Å². The van der Waals surface area contributed by atoms with Crippen LogP contribution in [0.25, 0.3) is 0 Å². The second-order valence-electron chi connectivity index (χ2n) is 11.3. The summed E-state index contributed by atoms with van der Waals surface area (Å²) in [6, 6.07) is 0. The number of carboxylic acid groups (broad SMARTS) is 1. The van der Waals surface area contributed by atoms with Gasteiger partial charge in [0.15, 0.2) is 5.78 Å². The number of carbonyl (C=O) groups excluding carboxylic acids is 2. The average Bonchev–Trinajstić information content (AvgIpc) is 2.80. The largest absolute Gasteiger partial charge is 0.545 e. The summed E-state index contributed by atoms with van der Waals surface area (Å²) in [6.45, 7) is 21.9. The lowest BCUT2D eigenvalue weighted by molar-refractivity contribution is -0.929. The topological polar surface area (TPSA) is 77.4 Å². The van der Waals surface area contributed by atoms with Gasteiger partial charge in [0.2, 0.25) is 0 Å². The molecule has 0 spiro atoms. The summed E-state index contributed by atoms with van der Waals surface area (Å²) in [4.78, 5) is 22.0. The van der Waals surface area contributed by atoms with Crippen molar-refractivity contribution in [3.05, 3.63) is 35.5 Å². The maximum Gasteiger partial charge on any atom is 0.156 e. The van der Waals surface area contributed by atoms with E-state index in [1.54, 1.807) is 19.9 Å². The van der Waals surface area contributed by atoms with Crippen LogP contribution in [0.15, 0.2) is 35.5 Å². The summed E-state index contributed by atoms with van der Waals surface area (Å²) in [7, 11) is 0. The van der Waals surface area contributed by atoms with Gasteiger partial charge >= 0.3 is 0 Å². The molecular weight excluding hydrogens is 450 g/mol. The number of aliphatic hydroxyl groups is 1. The van der Waals surface area contributed by atoms with Gasteiger partial charge in [0.25, 0.3) is 0 Å². The van der Waals surface area contributed by atoms with Gasteiger partial charge in [0.1, 0.15) is 5.60 Å². The molecule has 0 saturated carbocycles. The third kappa shape index (κ3) is 11.6. The molecule has 0 bridgehead atoms. The van der Waals surface area contributed by atoms with Crippen LogP contribution in [0.5, 0.6) is 0 Å². The molecule has 1 N–H and O–H groups in total. The SMILES string of the molecule is CC1=CC(=O)CC(C)(C)[C@@]1(O)/C=C/C(C)=C\C(=O)[O-].CCCC[N+](CCCC)(CCCC)CCCC. The van der Waals surface area contributed by atoms with Crippen molar-refractivity contribution >= 4 is 11.8 Å². The van der Waals surface area contributed by atoms with Gasteiger partial charge in [-0.05, 0) is 68.9 Å². The minimum absolute atomic E-state index is 0.0115. The summed E-state index contributed by atoms with van der Waals surface area (Å²) in [6.07, 6.45) is 16.8. The highest BCUT2D eigenvalue weighted by atomic mass is 16.4.